The number of carbonyl (C=O) groups excluding carboxylic acids is 2. The van der Waals surface area contributed by atoms with E-state index in [1.54, 1.807) is 24.3 Å². The second-order valence-corrected chi connectivity index (χ2v) is 19.0. The van der Waals surface area contributed by atoms with E-state index in [1.807, 2.05) is 0 Å². The smallest absolute Gasteiger partial charge is 0.251 e. The molecule has 0 aromatic heterocycles. The summed E-state index contributed by atoms with van der Waals surface area (Å²) in [7, 11) is -2.73. The summed E-state index contributed by atoms with van der Waals surface area (Å²) >= 11 is 0. The monoisotopic (exact) mass is 336 g/mol. The Labute approximate surface area is 135 Å². The summed E-state index contributed by atoms with van der Waals surface area (Å²) in [5.41, 5.74) is 0.905. The van der Waals surface area contributed by atoms with Gasteiger partial charge in [0.1, 0.15) is 0 Å². The molecule has 1 aromatic rings. The van der Waals surface area contributed by atoms with Crippen molar-refractivity contribution >= 4 is 28.0 Å². The number of rotatable bonds is 6. The minimum Gasteiger partial charge on any atom is -0.355 e. The molecule has 0 aliphatic rings. The number of amides is 2. The van der Waals surface area contributed by atoms with Crippen molar-refractivity contribution in [2.75, 3.05) is 12.3 Å². The van der Waals surface area contributed by atoms with E-state index >= 15 is 0 Å². The second kappa shape index (κ2) is 7.24. The standard InChI is InChI=1S/C16H28N2O2Si2/c1-21(2,3)11-17-15(19)13-9-7-8-10-14(13)16(20)18-12-22(4,5)6/h7-10H,11-12H2,1-6H3,(H,17,19)(H,18,20). The zero-order valence-electron chi connectivity index (χ0n) is 14.5. The lowest BCUT2D eigenvalue weighted by molar-refractivity contribution is 0.0925. The molecule has 0 saturated heterocycles. The lowest BCUT2D eigenvalue weighted by Crippen LogP contribution is -2.42. The van der Waals surface area contributed by atoms with Crippen LogP contribution in [0.25, 0.3) is 0 Å². The minimum absolute atomic E-state index is 0.166. The zero-order valence-corrected chi connectivity index (χ0v) is 16.5. The Kier molecular flexibility index (Phi) is 6.13. The Bertz CT molecular complexity index is 497. The first kappa shape index (κ1) is 18.6. The van der Waals surface area contributed by atoms with Gasteiger partial charge < -0.3 is 10.6 Å². The molecular weight excluding hydrogens is 308 g/mol. The molecule has 4 nitrogen and oxygen atoms in total. The molecule has 6 heteroatoms. The van der Waals surface area contributed by atoms with Gasteiger partial charge in [0.25, 0.3) is 11.8 Å². The van der Waals surface area contributed by atoms with Crippen LogP contribution in [0.15, 0.2) is 24.3 Å². The van der Waals surface area contributed by atoms with Gasteiger partial charge in [-0.05, 0) is 12.1 Å². The van der Waals surface area contributed by atoms with Crippen molar-refractivity contribution in [2.45, 2.75) is 39.3 Å². The molecular formula is C16H28N2O2Si2. The molecule has 1 aromatic carbocycles. The van der Waals surface area contributed by atoms with Crippen LogP contribution in [0.3, 0.4) is 0 Å². The van der Waals surface area contributed by atoms with Crippen molar-refractivity contribution in [1.29, 1.82) is 0 Å². The van der Waals surface area contributed by atoms with Gasteiger partial charge in [-0.25, -0.2) is 0 Å². The topological polar surface area (TPSA) is 58.2 Å². The van der Waals surface area contributed by atoms with E-state index in [4.69, 9.17) is 0 Å². The Morgan fingerprint density at radius 2 is 1.09 bits per heavy atom. The van der Waals surface area contributed by atoms with Gasteiger partial charge in [-0.1, -0.05) is 51.4 Å². The molecule has 0 heterocycles. The molecule has 22 heavy (non-hydrogen) atoms. The minimum atomic E-state index is -1.36. The molecule has 122 valence electrons. The van der Waals surface area contributed by atoms with E-state index in [9.17, 15) is 9.59 Å². The number of benzene rings is 1. The first-order valence-corrected chi connectivity index (χ1v) is 15.1. The maximum atomic E-state index is 12.4. The highest BCUT2D eigenvalue weighted by atomic mass is 28.3. The molecule has 0 unspecified atom stereocenters. The van der Waals surface area contributed by atoms with Crippen LogP contribution in [-0.4, -0.2) is 40.3 Å². The van der Waals surface area contributed by atoms with Crippen molar-refractivity contribution in [3.8, 4) is 0 Å². The van der Waals surface area contributed by atoms with Crippen LogP contribution < -0.4 is 10.6 Å². The Balaban J connectivity index is 2.85. The van der Waals surface area contributed by atoms with Gasteiger partial charge >= 0.3 is 0 Å². The Hall–Kier alpha value is -1.41. The van der Waals surface area contributed by atoms with Gasteiger partial charge in [0.15, 0.2) is 0 Å². The van der Waals surface area contributed by atoms with Gasteiger partial charge in [-0.15, -0.1) is 0 Å². The normalized spacial score (nSPS) is 11.9. The molecule has 0 radical (unpaired) electrons. The molecule has 1 rings (SSSR count). The molecule has 2 N–H and O–H groups in total. The number of hydrogen-bond acceptors (Lipinski definition) is 2. The maximum Gasteiger partial charge on any atom is 0.251 e. The van der Waals surface area contributed by atoms with Crippen LogP contribution >= 0.6 is 0 Å². The fourth-order valence-electron chi connectivity index (χ4n) is 1.76. The third kappa shape index (κ3) is 6.57. The lowest BCUT2D eigenvalue weighted by Gasteiger charge is -2.19. The highest BCUT2D eigenvalue weighted by Crippen LogP contribution is 2.10. The molecule has 0 aliphatic carbocycles. The van der Waals surface area contributed by atoms with Crippen molar-refractivity contribution in [1.82, 2.24) is 10.6 Å². The summed E-state index contributed by atoms with van der Waals surface area (Å²) < 4.78 is 0. The van der Waals surface area contributed by atoms with Gasteiger partial charge in [-0.2, -0.15) is 0 Å². The molecule has 0 fully saturated rings. The van der Waals surface area contributed by atoms with Crippen molar-refractivity contribution in [2.24, 2.45) is 0 Å². The number of nitrogens with one attached hydrogen (secondary N) is 2. The molecule has 0 bridgehead atoms. The summed E-state index contributed by atoms with van der Waals surface area (Å²) in [6.07, 6.45) is 1.41. The van der Waals surface area contributed by atoms with E-state index in [1.165, 1.54) is 0 Å². The summed E-state index contributed by atoms with van der Waals surface area (Å²) in [6, 6.07) is 7.00. The predicted molar refractivity (Wildman–Crippen MR) is 97.8 cm³/mol. The maximum absolute atomic E-state index is 12.4. The zero-order chi connectivity index (χ0) is 17.0. The van der Waals surface area contributed by atoms with Crippen LogP contribution in [0, 0.1) is 0 Å². The number of carbonyl (C=O) groups is 2. The number of hydrogen-bond donors (Lipinski definition) is 2. The van der Waals surface area contributed by atoms with Gasteiger partial charge in [0.05, 0.1) is 27.3 Å². The predicted octanol–water partition coefficient (Wildman–Crippen LogP) is 2.90. The third-order valence-electron chi connectivity index (χ3n) is 2.97. The molecule has 2 amide bonds. The Morgan fingerprint density at radius 3 is 1.36 bits per heavy atom. The SMILES string of the molecule is C[Si](C)(C)CNC(=O)c1ccccc1C(=O)NC[Si](C)(C)C. The van der Waals surface area contributed by atoms with Crippen molar-refractivity contribution < 1.29 is 9.59 Å². The summed E-state index contributed by atoms with van der Waals surface area (Å²) in [6.45, 7) is 13.2. The van der Waals surface area contributed by atoms with Gasteiger partial charge in [-0.3, -0.25) is 9.59 Å². The van der Waals surface area contributed by atoms with Crippen LogP contribution in [0.4, 0.5) is 0 Å². The molecule has 0 spiro atoms. The Morgan fingerprint density at radius 1 is 0.773 bits per heavy atom. The largest absolute Gasteiger partial charge is 0.355 e. The van der Waals surface area contributed by atoms with E-state index < -0.39 is 16.1 Å². The quantitative estimate of drug-likeness (QED) is 0.785. The van der Waals surface area contributed by atoms with E-state index in [0.717, 1.165) is 0 Å². The summed E-state index contributed by atoms with van der Waals surface area (Å²) in [5.74, 6) is -0.331. The van der Waals surface area contributed by atoms with Gasteiger partial charge in [0, 0.05) is 12.3 Å². The van der Waals surface area contributed by atoms with Crippen LogP contribution in [0.5, 0.6) is 0 Å². The van der Waals surface area contributed by atoms with Crippen molar-refractivity contribution in [3.63, 3.8) is 0 Å². The highest BCUT2D eigenvalue weighted by molar-refractivity contribution is 6.76. The lowest BCUT2D eigenvalue weighted by atomic mass is 10.1. The highest BCUT2D eigenvalue weighted by Gasteiger charge is 2.21. The van der Waals surface area contributed by atoms with Crippen molar-refractivity contribution in [3.05, 3.63) is 35.4 Å². The third-order valence-corrected chi connectivity index (χ3v) is 5.45. The van der Waals surface area contributed by atoms with Crippen LogP contribution in [-0.2, 0) is 0 Å². The molecule has 0 aliphatic heterocycles. The van der Waals surface area contributed by atoms with Crippen LogP contribution in [0.2, 0.25) is 39.3 Å². The molecule has 0 atom stereocenters. The average Bonchev–Trinajstić information content (AvgIpc) is 2.40. The average molecular weight is 337 g/mol. The summed E-state index contributed by atoms with van der Waals surface area (Å²) in [5, 5.41) is 5.92. The van der Waals surface area contributed by atoms with E-state index in [2.05, 4.69) is 49.9 Å². The fraction of sp³-hybridized carbons (Fsp3) is 0.500. The second-order valence-electron chi connectivity index (χ2n) is 8.03. The van der Waals surface area contributed by atoms with Gasteiger partial charge in [0.2, 0.25) is 0 Å². The summed E-state index contributed by atoms with van der Waals surface area (Å²) in [4.78, 5) is 24.7. The molecule has 0 saturated carbocycles. The first-order chi connectivity index (χ1) is 9.99. The first-order valence-electron chi connectivity index (χ1n) is 7.65. The fourth-order valence-corrected chi connectivity index (χ4v) is 3.14. The van der Waals surface area contributed by atoms with Crippen LogP contribution in [0.1, 0.15) is 20.7 Å². The van der Waals surface area contributed by atoms with E-state index in [0.29, 0.717) is 23.5 Å². The van der Waals surface area contributed by atoms with E-state index in [-0.39, 0.29) is 11.8 Å².